The molecule has 0 bridgehead atoms. The summed E-state index contributed by atoms with van der Waals surface area (Å²) in [7, 11) is 0. The smallest absolute Gasteiger partial charge is 0.311 e. The third-order valence-electron chi connectivity index (χ3n) is 2.95. The molecule has 0 amide bonds. The molecular weight excluding hydrogens is 338 g/mol. The lowest BCUT2D eigenvalue weighted by Crippen LogP contribution is -1.95. The van der Waals surface area contributed by atoms with E-state index in [1.165, 1.54) is 6.07 Å². The summed E-state index contributed by atoms with van der Waals surface area (Å²) < 4.78 is 6.14. The van der Waals surface area contributed by atoms with Crippen molar-refractivity contribution in [1.29, 1.82) is 0 Å². The zero-order chi connectivity index (χ0) is 15.4. The van der Waals surface area contributed by atoms with E-state index in [0.717, 1.165) is 5.56 Å². The van der Waals surface area contributed by atoms with Crippen LogP contribution in [-0.2, 0) is 6.42 Å². The highest BCUT2D eigenvalue weighted by Gasteiger charge is 2.16. The monoisotopic (exact) mass is 349 g/mol. The topological polar surface area (TPSA) is 69.4 Å². The van der Waals surface area contributed by atoms with Crippen LogP contribution in [0.25, 0.3) is 0 Å². The molecule has 0 fully saturated rings. The molecule has 2 aromatic rings. The Morgan fingerprint density at radius 1 is 1.29 bits per heavy atom. The Balaban J connectivity index is 2.37. The fraction of sp³-hybridized carbons (Fsp3) is 0.133. The SMILES string of the molecule is CCc1ccc(Oc2ccc(C=O)c(Br)c2)c([N+](=O)[O-])c1. The highest BCUT2D eigenvalue weighted by atomic mass is 79.9. The highest BCUT2D eigenvalue weighted by molar-refractivity contribution is 9.10. The van der Waals surface area contributed by atoms with E-state index < -0.39 is 4.92 Å². The summed E-state index contributed by atoms with van der Waals surface area (Å²) >= 11 is 3.25. The molecule has 0 radical (unpaired) electrons. The van der Waals surface area contributed by atoms with Crippen molar-refractivity contribution in [2.75, 3.05) is 0 Å². The zero-order valence-electron chi connectivity index (χ0n) is 11.2. The fourth-order valence-corrected chi connectivity index (χ4v) is 2.26. The largest absolute Gasteiger partial charge is 0.450 e. The van der Waals surface area contributed by atoms with Crippen molar-refractivity contribution in [2.24, 2.45) is 0 Å². The number of nitro benzene ring substituents is 1. The molecule has 0 heterocycles. The summed E-state index contributed by atoms with van der Waals surface area (Å²) in [5.41, 5.74) is 1.27. The predicted molar refractivity (Wildman–Crippen MR) is 82.1 cm³/mol. The molecule has 2 aromatic carbocycles. The fourth-order valence-electron chi connectivity index (χ4n) is 1.81. The average molecular weight is 350 g/mol. The van der Waals surface area contributed by atoms with E-state index >= 15 is 0 Å². The number of hydrogen-bond acceptors (Lipinski definition) is 4. The molecule has 0 spiro atoms. The standard InChI is InChI=1S/C15H12BrNO4/c1-2-10-3-6-15(14(7-10)17(19)20)21-12-5-4-11(9-18)13(16)8-12/h3-9H,2H2,1H3. The molecular formula is C15H12BrNO4. The molecule has 0 N–H and O–H groups in total. The summed E-state index contributed by atoms with van der Waals surface area (Å²) in [5.74, 6) is 0.586. The average Bonchev–Trinajstić information content (AvgIpc) is 2.47. The van der Waals surface area contributed by atoms with Crippen LogP contribution < -0.4 is 4.74 Å². The van der Waals surface area contributed by atoms with Crippen LogP contribution in [0.15, 0.2) is 40.9 Å². The molecule has 5 nitrogen and oxygen atoms in total. The van der Waals surface area contributed by atoms with E-state index in [-0.39, 0.29) is 11.4 Å². The molecule has 0 aliphatic carbocycles. The molecule has 0 saturated carbocycles. The van der Waals surface area contributed by atoms with Crippen LogP contribution in [-0.4, -0.2) is 11.2 Å². The van der Waals surface area contributed by atoms with E-state index in [2.05, 4.69) is 15.9 Å². The van der Waals surface area contributed by atoms with Gasteiger partial charge in [-0.3, -0.25) is 14.9 Å². The van der Waals surface area contributed by atoms with Crippen LogP contribution in [0.3, 0.4) is 0 Å². The van der Waals surface area contributed by atoms with Crippen molar-refractivity contribution in [3.05, 3.63) is 62.1 Å². The van der Waals surface area contributed by atoms with Gasteiger partial charge in [0.25, 0.3) is 0 Å². The quantitative estimate of drug-likeness (QED) is 0.451. The third kappa shape index (κ3) is 3.46. The van der Waals surface area contributed by atoms with Gasteiger partial charge in [-0.25, -0.2) is 0 Å². The minimum Gasteiger partial charge on any atom is -0.450 e. The molecule has 0 aliphatic rings. The van der Waals surface area contributed by atoms with Crippen molar-refractivity contribution in [1.82, 2.24) is 0 Å². The maximum atomic E-state index is 11.1. The van der Waals surface area contributed by atoms with Gasteiger partial charge in [0.15, 0.2) is 6.29 Å². The molecule has 108 valence electrons. The number of rotatable bonds is 5. The Morgan fingerprint density at radius 2 is 2.05 bits per heavy atom. The van der Waals surface area contributed by atoms with Gasteiger partial charge in [-0.2, -0.15) is 0 Å². The van der Waals surface area contributed by atoms with Gasteiger partial charge in [0.2, 0.25) is 5.75 Å². The van der Waals surface area contributed by atoms with Gasteiger partial charge < -0.3 is 4.74 Å². The van der Waals surface area contributed by atoms with Gasteiger partial charge >= 0.3 is 5.69 Å². The lowest BCUT2D eigenvalue weighted by molar-refractivity contribution is -0.385. The number of nitrogens with zero attached hydrogens (tertiary/aromatic N) is 1. The summed E-state index contributed by atoms with van der Waals surface area (Å²) in [6, 6.07) is 9.64. The molecule has 0 saturated heterocycles. The molecule has 2 rings (SSSR count). The zero-order valence-corrected chi connectivity index (χ0v) is 12.8. The van der Waals surface area contributed by atoms with Crippen LogP contribution in [0, 0.1) is 10.1 Å². The Kier molecular flexibility index (Phi) is 4.70. The molecule has 0 unspecified atom stereocenters. The molecule has 0 aliphatic heterocycles. The first-order valence-corrected chi connectivity index (χ1v) is 7.04. The molecule has 0 aromatic heterocycles. The van der Waals surface area contributed by atoms with Gasteiger partial charge in [-0.15, -0.1) is 0 Å². The van der Waals surface area contributed by atoms with Gasteiger partial charge in [0.1, 0.15) is 5.75 Å². The Labute approximate surface area is 129 Å². The number of ether oxygens (including phenoxy) is 1. The maximum Gasteiger partial charge on any atom is 0.311 e. The van der Waals surface area contributed by atoms with Crippen LogP contribution in [0.1, 0.15) is 22.8 Å². The number of hydrogen-bond donors (Lipinski definition) is 0. The van der Waals surface area contributed by atoms with E-state index in [0.29, 0.717) is 28.5 Å². The van der Waals surface area contributed by atoms with Crippen molar-refractivity contribution < 1.29 is 14.5 Å². The van der Waals surface area contributed by atoms with E-state index in [1.807, 2.05) is 6.92 Å². The maximum absolute atomic E-state index is 11.1. The number of carbonyl (C=O) groups excluding carboxylic acids is 1. The van der Waals surface area contributed by atoms with Crippen LogP contribution in [0.2, 0.25) is 0 Å². The first-order valence-electron chi connectivity index (χ1n) is 6.25. The van der Waals surface area contributed by atoms with Gasteiger partial charge in [-0.05, 0) is 52.2 Å². The third-order valence-corrected chi connectivity index (χ3v) is 3.64. The van der Waals surface area contributed by atoms with Crippen molar-refractivity contribution in [3.63, 3.8) is 0 Å². The van der Waals surface area contributed by atoms with E-state index in [4.69, 9.17) is 4.74 Å². The summed E-state index contributed by atoms with van der Waals surface area (Å²) in [5, 5.41) is 11.1. The number of aryl methyl sites for hydroxylation is 1. The highest BCUT2D eigenvalue weighted by Crippen LogP contribution is 2.33. The second kappa shape index (κ2) is 6.49. The Bertz CT molecular complexity index is 700. The number of halogens is 1. The van der Waals surface area contributed by atoms with E-state index in [9.17, 15) is 14.9 Å². The minimum atomic E-state index is -0.469. The van der Waals surface area contributed by atoms with Crippen molar-refractivity contribution >= 4 is 27.9 Å². The minimum absolute atomic E-state index is 0.0788. The predicted octanol–water partition coefficient (Wildman–Crippen LogP) is 4.52. The molecule has 0 atom stereocenters. The van der Waals surface area contributed by atoms with Crippen molar-refractivity contribution in [3.8, 4) is 11.5 Å². The number of benzene rings is 2. The summed E-state index contributed by atoms with van der Waals surface area (Å²) in [4.78, 5) is 21.4. The van der Waals surface area contributed by atoms with Crippen LogP contribution in [0.5, 0.6) is 11.5 Å². The summed E-state index contributed by atoms with van der Waals surface area (Å²) in [6.45, 7) is 1.93. The number of carbonyl (C=O) groups is 1. The normalized spacial score (nSPS) is 10.2. The second-order valence-electron chi connectivity index (χ2n) is 4.32. The van der Waals surface area contributed by atoms with Crippen LogP contribution >= 0.6 is 15.9 Å². The number of nitro groups is 1. The first kappa shape index (κ1) is 15.2. The Hall–Kier alpha value is -2.21. The van der Waals surface area contributed by atoms with Crippen LogP contribution in [0.4, 0.5) is 5.69 Å². The molecule has 21 heavy (non-hydrogen) atoms. The lowest BCUT2D eigenvalue weighted by Gasteiger charge is -2.08. The second-order valence-corrected chi connectivity index (χ2v) is 5.17. The number of aldehydes is 1. The first-order chi connectivity index (χ1) is 10.0. The van der Waals surface area contributed by atoms with Gasteiger partial charge in [0.05, 0.1) is 4.92 Å². The van der Waals surface area contributed by atoms with Crippen molar-refractivity contribution in [2.45, 2.75) is 13.3 Å². The molecule has 6 heteroatoms. The lowest BCUT2D eigenvalue weighted by atomic mass is 10.1. The van der Waals surface area contributed by atoms with Gasteiger partial charge in [0, 0.05) is 16.1 Å². The van der Waals surface area contributed by atoms with E-state index in [1.54, 1.807) is 30.3 Å². The summed E-state index contributed by atoms with van der Waals surface area (Å²) in [6.07, 6.45) is 1.42. The van der Waals surface area contributed by atoms with Gasteiger partial charge in [-0.1, -0.05) is 13.0 Å². The Morgan fingerprint density at radius 3 is 2.62 bits per heavy atom.